The molecule has 0 fully saturated rings. The van der Waals surface area contributed by atoms with Crippen LogP contribution in [0.1, 0.15) is 13.8 Å². The summed E-state index contributed by atoms with van der Waals surface area (Å²) >= 11 is 0. The SMILES string of the molecule is CC#C[C@@H](OS(=O)(=O)c1ccccc1)[C@H](C)C(=O)Nc1ccc(OC)cc1. The Hall–Kier alpha value is -2.82. The molecule has 1 amide bonds. The molecule has 0 unspecified atom stereocenters. The van der Waals surface area contributed by atoms with E-state index in [9.17, 15) is 13.2 Å². The smallest absolute Gasteiger partial charge is 0.298 e. The molecule has 2 aromatic carbocycles. The van der Waals surface area contributed by atoms with Crippen molar-refractivity contribution in [3.8, 4) is 17.6 Å². The number of ether oxygens (including phenoxy) is 1. The second kappa shape index (κ2) is 9.21. The Kier molecular flexibility index (Phi) is 6.99. The fraction of sp³-hybridized carbons (Fsp3) is 0.250. The number of benzene rings is 2. The molecule has 0 radical (unpaired) electrons. The van der Waals surface area contributed by atoms with Crippen molar-refractivity contribution in [1.29, 1.82) is 0 Å². The van der Waals surface area contributed by atoms with Crippen molar-refractivity contribution in [1.82, 2.24) is 0 Å². The third-order valence-corrected chi connectivity index (χ3v) is 5.08. The third-order valence-electron chi connectivity index (χ3n) is 3.77. The van der Waals surface area contributed by atoms with Gasteiger partial charge in [-0.3, -0.25) is 4.79 Å². The molecule has 0 aliphatic carbocycles. The molecule has 7 heteroatoms. The topological polar surface area (TPSA) is 81.7 Å². The Labute approximate surface area is 159 Å². The van der Waals surface area contributed by atoms with Crippen LogP contribution in [-0.4, -0.2) is 27.5 Å². The van der Waals surface area contributed by atoms with Gasteiger partial charge in [-0.05, 0) is 43.3 Å². The highest BCUT2D eigenvalue weighted by Crippen LogP contribution is 2.20. The average molecular weight is 387 g/mol. The molecule has 142 valence electrons. The highest BCUT2D eigenvalue weighted by molar-refractivity contribution is 7.86. The summed E-state index contributed by atoms with van der Waals surface area (Å²) in [5, 5.41) is 2.72. The van der Waals surface area contributed by atoms with E-state index in [1.807, 2.05) is 0 Å². The zero-order chi connectivity index (χ0) is 19.9. The number of rotatable bonds is 7. The van der Waals surface area contributed by atoms with Gasteiger partial charge in [-0.15, -0.1) is 5.92 Å². The van der Waals surface area contributed by atoms with E-state index in [4.69, 9.17) is 8.92 Å². The molecule has 2 aromatic rings. The van der Waals surface area contributed by atoms with Gasteiger partial charge in [-0.2, -0.15) is 8.42 Å². The summed E-state index contributed by atoms with van der Waals surface area (Å²) < 4.78 is 35.2. The lowest BCUT2D eigenvalue weighted by atomic mass is 10.0. The van der Waals surface area contributed by atoms with Crippen LogP contribution in [0.15, 0.2) is 59.5 Å². The van der Waals surface area contributed by atoms with Crippen LogP contribution >= 0.6 is 0 Å². The van der Waals surface area contributed by atoms with Crippen LogP contribution in [-0.2, 0) is 19.1 Å². The van der Waals surface area contributed by atoms with Gasteiger partial charge >= 0.3 is 0 Å². The fourth-order valence-corrected chi connectivity index (χ4v) is 3.31. The maximum Gasteiger partial charge on any atom is 0.298 e. The first-order chi connectivity index (χ1) is 12.9. The van der Waals surface area contributed by atoms with Crippen molar-refractivity contribution >= 4 is 21.7 Å². The van der Waals surface area contributed by atoms with Gasteiger partial charge < -0.3 is 10.1 Å². The largest absolute Gasteiger partial charge is 0.497 e. The fourth-order valence-electron chi connectivity index (χ4n) is 2.22. The van der Waals surface area contributed by atoms with Crippen LogP contribution in [0.4, 0.5) is 5.69 Å². The lowest BCUT2D eigenvalue weighted by Gasteiger charge is -2.19. The summed E-state index contributed by atoms with van der Waals surface area (Å²) in [6, 6.07) is 14.5. The van der Waals surface area contributed by atoms with Crippen LogP contribution in [0.3, 0.4) is 0 Å². The Morgan fingerprint density at radius 1 is 1.07 bits per heavy atom. The first-order valence-electron chi connectivity index (χ1n) is 8.23. The van der Waals surface area contributed by atoms with Crippen LogP contribution in [0, 0.1) is 17.8 Å². The van der Waals surface area contributed by atoms with Crippen molar-refractivity contribution in [2.45, 2.75) is 24.8 Å². The van der Waals surface area contributed by atoms with Crippen molar-refractivity contribution in [3.05, 3.63) is 54.6 Å². The molecule has 0 aromatic heterocycles. The van der Waals surface area contributed by atoms with E-state index in [0.717, 1.165) is 0 Å². The number of hydrogen-bond acceptors (Lipinski definition) is 5. The second-order valence-corrected chi connectivity index (χ2v) is 7.26. The zero-order valence-corrected chi connectivity index (χ0v) is 16.1. The molecule has 0 saturated carbocycles. The molecular formula is C20H21NO5S. The van der Waals surface area contributed by atoms with E-state index in [-0.39, 0.29) is 4.90 Å². The third kappa shape index (κ3) is 5.58. The van der Waals surface area contributed by atoms with Gasteiger partial charge in [0.25, 0.3) is 10.1 Å². The maximum absolute atomic E-state index is 12.5. The minimum absolute atomic E-state index is 0.00988. The quantitative estimate of drug-likeness (QED) is 0.583. The summed E-state index contributed by atoms with van der Waals surface area (Å²) in [6.07, 6.45) is -1.11. The van der Waals surface area contributed by atoms with Crippen molar-refractivity contribution < 1.29 is 22.1 Å². The number of carbonyl (C=O) groups excluding carboxylic acids is 1. The Balaban J connectivity index is 2.14. The lowest BCUT2D eigenvalue weighted by Crippen LogP contribution is -2.33. The summed E-state index contributed by atoms with van der Waals surface area (Å²) in [4.78, 5) is 12.5. The van der Waals surface area contributed by atoms with Crippen LogP contribution in [0.5, 0.6) is 5.75 Å². The summed E-state index contributed by atoms with van der Waals surface area (Å²) in [7, 11) is -2.49. The van der Waals surface area contributed by atoms with Crippen molar-refractivity contribution in [3.63, 3.8) is 0 Å². The highest BCUT2D eigenvalue weighted by atomic mass is 32.2. The maximum atomic E-state index is 12.5. The average Bonchev–Trinajstić information content (AvgIpc) is 2.68. The molecule has 0 heterocycles. The molecule has 0 spiro atoms. The summed E-state index contributed by atoms with van der Waals surface area (Å²) in [5.41, 5.74) is 0.557. The molecule has 27 heavy (non-hydrogen) atoms. The van der Waals surface area contributed by atoms with Gasteiger partial charge in [0.2, 0.25) is 5.91 Å². The zero-order valence-electron chi connectivity index (χ0n) is 15.3. The molecule has 6 nitrogen and oxygen atoms in total. The van der Waals surface area contributed by atoms with Gasteiger partial charge in [0, 0.05) is 5.69 Å². The number of amides is 1. The molecule has 2 atom stereocenters. The summed E-state index contributed by atoms with van der Waals surface area (Å²) in [5.74, 6) is 4.71. The highest BCUT2D eigenvalue weighted by Gasteiger charge is 2.29. The van der Waals surface area contributed by atoms with Crippen LogP contribution in [0.25, 0.3) is 0 Å². The van der Waals surface area contributed by atoms with Gasteiger partial charge in [-0.25, -0.2) is 4.18 Å². The minimum Gasteiger partial charge on any atom is -0.497 e. The molecule has 0 aliphatic rings. The van der Waals surface area contributed by atoms with E-state index >= 15 is 0 Å². The van der Waals surface area contributed by atoms with Crippen molar-refractivity contribution in [2.24, 2.45) is 5.92 Å². The predicted octanol–water partition coefficient (Wildman–Crippen LogP) is 3.07. The number of carbonyl (C=O) groups is 1. The number of methoxy groups -OCH3 is 1. The molecule has 2 rings (SSSR count). The Morgan fingerprint density at radius 2 is 1.70 bits per heavy atom. The van der Waals surface area contributed by atoms with Gasteiger partial charge in [0.05, 0.1) is 17.9 Å². The van der Waals surface area contributed by atoms with Crippen LogP contribution < -0.4 is 10.1 Å². The Bertz CT molecular complexity index is 928. The first kappa shape index (κ1) is 20.5. The van der Waals surface area contributed by atoms with E-state index in [1.165, 1.54) is 12.1 Å². The van der Waals surface area contributed by atoms with Crippen molar-refractivity contribution in [2.75, 3.05) is 12.4 Å². The minimum atomic E-state index is -4.04. The normalized spacial score (nSPS) is 13.0. The van der Waals surface area contributed by atoms with Gasteiger partial charge in [0.1, 0.15) is 11.9 Å². The molecular weight excluding hydrogens is 366 g/mol. The molecule has 0 bridgehead atoms. The first-order valence-corrected chi connectivity index (χ1v) is 9.63. The molecule has 1 N–H and O–H groups in total. The predicted molar refractivity (Wildman–Crippen MR) is 103 cm³/mol. The second-order valence-electron chi connectivity index (χ2n) is 5.68. The van der Waals surface area contributed by atoms with Gasteiger partial charge in [0.15, 0.2) is 0 Å². The summed E-state index contributed by atoms with van der Waals surface area (Å²) in [6.45, 7) is 3.12. The molecule has 0 saturated heterocycles. The Morgan fingerprint density at radius 3 is 2.26 bits per heavy atom. The van der Waals surface area contributed by atoms with Crippen LogP contribution in [0.2, 0.25) is 0 Å². The van der Waals surface area contributed by atoms with Gasteiger partial charge in [-0.1, -0.05) is 31.0 Å². The lowest BCUT2D eigenvalue weighted by molar-refractivity contribution is -0.121. The van der Waals surface area contributed by atoms with E-state index in [1.54, 1.807) is 63.4 Å². The number of hydrogen-bond donors (Lipinski definition) is 1. The van der Waals surface area contributed by atoms with E-state index in [2.05, 4.69) is 17.2 Å². The van der Waals surface area contributed by atoms with E-state index < -0.39 is 28.0 Å². The standard InChI is InChI=1S/C20H21NO5S/c1-4-8-19(26-27(23,24)18-9-6-5-7-10-18)15(2)20(22)21-16-11-13-17(25-3)14-12-16/h5-7,9-15,19H,1-3H3,(H,21,22)/t15-,19+/m0/s1. The number of nitrogens with one attached hydrogen (secondary N) is 1. The number of anilines is 1. The monoisotopic (exact) mass is 387 g/mol. The molecule has 0 aliphatic heterocycles. The van der Waals surface area contributed by atoms with E-state index in [0.29, 0.717) is 11.4 Å².